The normalized spacial score (nSPS) is 21.8. The summed E-state index contributed by atoms with van der Waals surface area (Å²) in [5.74, 6) is -1.22. The molecule has 32 heavy (non-hydrogen) atoms. The zero-order valence-corrected chi connectivity index (χ0v) is 22.2. The molecule has 0 saturated heterocycles. The van der Waals surface area contributed by atoms with Crippen molar-refractivity contribution < 1.29 is 19.5 Å². The van der Waals surface area contributed by atoms with Gasteiger partial charge in [-0.2, -0.15) is 0 Å². The molecule has 188 valence electrons. The first kappa shape index (κ1) is 30.4. The minimum Gasteiger partial charge on any atom is -0.481 e. The van der Waals surface area contributed by atoms with E-state index in [0.717, 1.165) is 31.6 Å². The number of carbonyl (C=O) groups excluding carboxylic acids is 2. The van der Waals surface area contributed by atoms with Crippen LogP contribution in [0.1, 0.15) is 94.4 Å². The van der Waals surface area contributed by atoms with E-state index < -0.39 is 23.8 Å². The Morgan fingerprint density at radius 2 is 1.38 bits per heavy atom. The largest absolute Gasteiger partial charge is 0.481 e. The smallest absolute Gasteiger partial charge is 0.307 e. The van der Waals surface area contributed by atoms with Gasteiger partial charge in [-0.25, -0.2) is 0 Å². The first-order valence-corrected chi connectivity index (χ1v) is 12.4. The van der Waals surface area contributed by atoms with Crippen LogP contribution >= 0.6 is 0 Å². The number of hydrogen-bond donors (Lipinski definition) is 3. The van der Waals surface area contributed by atoms with Gasteiger partial charge in [0.2, 0.25) is 11.8 Å². The molecule has 0 aromatic heterocycles. The maximum absolute atomic E-state index is 13.0. The number of carbonyl (C=O) groups is 3. The Morgan fingerprint density at radius 3 is 1.72 bits per heavy atom. The fourth-order valence-corrected chi connectivity index (χ4v) is 4.57. The van der Waals surface area contributed by atoms with Crippen LogP contribution < -0.4 is 10.6 Å². The van der Waals surface area contributed by atoms with E-state index >= 15 is 0 Å². The van der Waals surface area contributed by atoms with E-state index in [1.165, 1.54) is 7.05 Å². The highest BCUT2D eigenvalue weighted by Gasteiger charge is 2.42. The van der Waals surface area contributed by atoms with Crippen LogP contribution in [0, 0.1) is 40.9 Å². The molecule has 1 saturated carbocycles. The predicted octanol–water partition coefficient (Wildman–Crippen LogP) is 5.12. The topological polar surface area (TPSA) is 95.5 Å². The third-order valence-corrected chi connectivity index (χ3v) is 6.28. The number of likely N-dealkylation sites (N-methyl/N-ethyl adjacent to an activating group) is 1. The van der Waals surface area contributed by atoms with Crippen molar-refractivity contribution in [3.63, 3.8) is 0 Å². The summed E-state index contributed by atoms with van der Waals surface area (Å²) in [6, 6.07) is -0.682. The molecular weight excluding hydrogens is 404 g/mol. The summed E-state index contributed by atoms with van der Waals surface area (Å²) >= 11 is 0. The van der Waals surface area contributed by atoms with Crippen LogP contribution in [0.15, 0.2) is 0 Å². The van der Waals surface area contributed by atoms with Gasteiger partial charge in [-0.15, -0.1) is 0 Å². The number of carboxylic acid groups (broad SMARTS) is 1. The van der Waals surface area contributed by atoms with E-state index in [2.05, 4.69) is 52.2 Å². The average Bonchev–Trinajstić information content (AvgIpc) is 2.65. The number of nitrogens with one attached hydrogen (secondary N) is 2. The van der Waals surface area contributed by atoms with Gasteiger partial charge in [0.05, 0.1) is 11.8 Å². The van der Waals surface area contributed by atoms with Gasteiger partial charge in [0.25, 0.3) is 0 Å². The van der Waals surface area contributed by atoms with Crippen LogP contribution in [0.5, 0.6) is 0 Å². The van der Waals surface area contributed by atoms with Gasteiger partial charge in [-0.05, 0) is 68.1 Å². The van der Waals surface area contributed by atoms with Gasteiger partial charge < -0.3 is 15.7 Å². The molecule has 3 N–H and O–H groups in total. The zero-order valence-electron chi connectivity index (χ0n) is 22.2. The van der Waals surface area contributed by atoms with E-state index in [4.69, 9.17) is 0 Å². The maximum Gasteiger partial charge on any atom is 0.307 e. The third-order valence-electron chi connectivity index (χ3n) is 6.28. The average molecular weight is 455 g/mol. The van der Waals surface area contributed by atoms with Crippen molar-refractivity contribution in [3.05, 3.63) is 0 Å². The second kappa shape index (κ2) is 13.8. The molecule has 0 aromatic rings. The number of aliphatic carboxylic acids is 1. The van der Waals surface area contributed by atoms with E-state index in [1.807, 2.05) is 13.8 Å². The highest BCUT2D eigenvalue weighted by Crippen LogP contribution is 2.44. The molecule has 6 nitrogen and oxygen atoms in total. The molecule has 0 aliphatic heterocycles. The molecule has 1 rings (SSSR count). The first-order chi connectivity index (χ1) is 14.6. The Bertz CT molecular complexity index is 584. The molecule has 0 spiro atoms. The van der Waals surface area contributed by atoms with Crippen molar-refractivity contribution in [2.24, 2.45) is 40.9 Å². The van der Waals surface area contributed by atoms with Gasteiger partial charge in [0.1, 0.15) is 6.04 Å². The van der Waals surface area contributed by atoms with Crippen LogP contribution in [-0.4, -0.2) is 36.0 Å². The summed E-state index contributed by atoms with van der Waals surface area (Å²) in [6.45, 7) is 18.8. The molecule has 1 fully saturated rings. The molecule has 2 amide bonds. The fourth-order valence-electron chi connectivity index (χ4n) is 4.57. The highest BCUT2D eigenvalue weighted by molar-refractivity contribution is 5.90. The van der Waals surface area contributed by atoms with E-state index in [1.54, 1.807) is 6.92 Å². The molecule has 1 aliphatic carbocycles. The Labute approximate surface area is 196 Å². The van der Waals surface area contributed by atoms with Crippen molar-refractivity contribution in [1.82, 2.24) is 10.6 Å². The first-order valence-electron chi connectivity index (χ1n) is 12.4. The number of hydrogen-bond acceptors (Lipinski definition) is 3. The Kier molecular flexibility index (Phi) is 13.2. The molecule has 0 aromatic carbocycles. The number of amides is 2. The standard InChI is InChI=1S/C22H40N2O4.C4H10/c1-13(2)12-17(20(26)24-14(3)19(25)23-7)18(21(27)28)15-8-10-16(11-9-15)22(4,5)6;1-4(2)3/h13-18H,8-12H2,1-7H3,(H,23,25)(H,24,26)(H,27,28);4H,1-3H3/t14-,15?,16?,17?,18-;/m0./s1. The number of rotatable bonds is 8. The van der Waals surface area contributed by atoms with Crippen molar-refractivity contribution in [2.45, 2.75) is 100 Å². The molecular formula is C26H50N2O4. The molecule has 6 heteroatoms. The fraction of sp³-hybridized carbons (Fsp3) is 0.885. The van der Waals surface area contributed by atoms with Gasteiger partial charge in [0.15, 0.2) is 0 Å². The van der Waals surface area contributed by atoms with Crippen molar-refractivity contribution in [3.8, 4) is 0 Å². The second-order valence-corrected chi connectivity index (χ2v) is 11.7. The van der Waals surface area contributed by atoms with Crippen molar-refractivity contribution in [2.75, 3.05) is 7.05 Å². The lowest BCUT2D eigenvalue weighted by atomic mass is 9.65. The van der Waals surface area contributed by atoms with Gasteiger partial charge in [-0.1, -0.05) is 55.4 Å². The van der Waals surface area contributed by atoms with Gasteiger partial charge in [-0.3, -0.25) is 14.4 Å². The molecule has 1 aliphatic rings. The second-order valence-electron chi connectivity index (χ2n) is 11.7. The van der Waals surface area contributed by atoms with E-state index in [0.29, 0.717) is 12.3 Å². The van der Waals surface area contributed by atoms with Crippen LogP contribution in [-0.2, 0) is 14.4 Å². The molecule has 0 radical (unpaired) electrons. The molecule has 0 bridgehead atoms. The lowest BCUT2D eigenvalue weighted by Crippen LogP contribution is -2.49. The minimum atomic E-state index is -0.896. The minimum absolute atomic E-state index is 0.000841. The van der Waals surface area contributed by atoms with Crippen LogP contribution in [0.3, 0.4) is 0 Å². The summed E-state index contributed by atoms with van der Waals surface area (Å²) < 4.78 is 0. The summed E-state index contributed by atoms with van der Waals surface area (Å²) in [6.07, 6.45) is 4.19. The highest BCUT2D eigenvalue weighted by atomic mass is 16.4. The lowest BCUT2D eigenvalue weighted by molar-refractivity contribution is -0.151. The van der Waals surface area contributed by atoms with Crippen LogP contribution in [0.25, 0.3) is 0 Å². The van der Waals surface area contributed by atoms with Crippen molar-refractivity contribution in [1.29, 1.82) is 0 Å². The quantitative estimate of drug-likeness (QED) is 0.474. The van der Waals surface area contributed by atoms with Gasteiger partial charge >= 0.3 is 5.97 Å². The Hall–Kier alpha value is -1.59. The van der Waals surface area contributed by atoms with E-state index in [9.17, 15) is 19.5 Å². The lowest BCUT2D eigenvalue weighted by Gasteiger charge is -2.40. The summed E-state index contributed by atoms with van der Waals surface area (Å²) in [4.78, 5) is 37.0. The SMILES string of the molecule is CC(C)C.CNC(=O)[C@H](C)NC(=O)C(CC(C)C)[C@@H](C(=O)O)C1CCC(C(C)(C)C)CC1. The van der Waals surface area contributed by atoms with Gasteiger partial charge in [0, 0.05) is 7.05 Å². The van der Waals surface area contributed by atoms with E-state index in [-0.39, 0.29) is 29.1 Å². The monoisotopic (exact) mass is 454 g/mol. The molecule has 0 heterocycles. The maximum atomic E-state index is 13.0. The molecule has 1 unspecified atom stereocenters. The third kappa shape index (κ3) is 10.8. The molecule has 3 atom stereocenters. The van der Waals surface area contributed by atoms with Crippen molar-refractivity contribution >= 4 is 17.8 Å². The summed E-state index contributed by atoms with van der Waals surface area (Å²) in [7, 11) is 1.52. The number of carboxylic acids is 1. The van der Waals surface area contributed by atoms with Crippen LogP contribution in [0.2, 0.25) is 0 Å². The van der Waals surface area contributed by atoms with Crippen LogP contribution in [0.4, 0.5) is 0 Å². The summed E-state index contributed by atoms with van der Waals surface area (Å²) in [5.41, 5.74) is 0.224. The summed E-state index contributed by atoms with van der Waals surface area (Å²) in [5, 5.41) is 15.3. The Balaban J connectivity index is 0.00000220. The Morgan fingerprint density at radius 1 is 0.906 bits per heavy atom. The zero-order chi connectivity index (χ0) is 25.2. The predicted molar refractivity (Wildman–Crippen MR) is 131 cm³/mol.